The Bertz CT molecular complexity index is 382. The molecule has 0 bridgehead atoms. The van der Waals surface area contributed by atoms with Crippen LogP contribution in [0.3, 0.4) is 0 Å². The number of nitrogens with zero attached hydrogens (tertiary/aromatic N) is 3. The first-order valence-corrected chi connectivity index (χ1v) is 5.72. The predicted molar refractivity (Wildman–Crippen MR) is 69.8 cm³/mol. The molecular formula is C11H19ClN4O. The first-order chi connectivity index (χ1) is 7.88. The zero-order valence-corrected chi connectivity index (χ0v) is 11.7. The Kier molecular flexibility index (Phi) is 4.54. The standard InChI is InChI=1S/C11H19ClN4O/c1-11(2,16(3)4)6-13-10-8(17-5)9(12)14-7-15-10/h7H,6H2,1-5H3,(H,13,14,15). The minimum absolute atomic E-state index is 0.00242. The van der Waals surface area contributed by atoms with Crippen molar-refractivity contribution in [2.24, 2.45) is 0 Å². The Morgan fingerprint density at radius 1 is 1.41 bits per heavy atom. The normalized spacial score (nSPS) is 11.7. The minimum atomic E-state index is 0.00242. The molecule has 1 rings (SSSR count). The lowest BCUT2D eigenvalue weighted by molar-refractivity contribution is 0.209. The number of hydrogen-bond acceptors (Lipinski definition) is 5. The van der Waals surface area contributed by atoms with E-state index >= 15 is 0 Å². The lowest BCUT2D eigenvalue weighted by Crippen LogP contribution is -2.44. The summed E-state index contributed by atoms with van der Waals surface area (Å²) in [5.74, 6) is 1.09. The van der Waals surface area contributed by atoms with Crippen LogP contribution in [-0.2, 0) is 0 Å². The smallest absolute Gasteiger partial charge is 0.198 e. The highest BCUT2D eigenvalue weighted by Gasteiger charge is 2.21. The summed E-state index contributed by atoms with van der Waals surface area (Å²) in [6.45, 7) is 4.99. The van der Waals surface area contributed by atoms with Crippen LogP contribution in [-0.4, -0.2) is 48.2 Å². The Balaban J connectivity index is 2.79. The average molecular weight is 259 g/mol. The van der Waals surface area contributed by atoms with Crippen LogP contribution in [0.5, 0.6) is 5.75 Å². The molecular weight excluding hydrogens is 240 g/mol. The number of aromatic nitrogens is 2. The molecule has 0 aromatic carbocycles. The second-order valence-corrected chi connectivity index (χ2v) is 4.96. The van der Waals surface area contributed by atoms with Gasteiger partial charge in [0.05, 0.1) is 7.11 Å². The molecule has 1 N–H and O–H groups in total. The van der Waals surface area contributed by atoms with E-state index in [0.717, 1.165) is 6.54 Å². The Labute approximate surface area is 107 Å². The van der Waals surface area contributed by atoms with Crippen molar-refractivity contribution in [1.82, 2.24) is 14.9 Å². The minimum Gasteiger partial charge on any atom is -0.490 e. The fourth-order valence-electron chi connectivity index (χ4n) is 1.12. The Hall–Kier alpha value is -1.07. The van der Waals surface area contributed by atoms with Crippen molar-refractivity contribution >= 4 is 17.4 Å². The average Bonchev–Trinajstić information content (AvgIpc) is 2.26. The van der Waals surface area contributed by atoms with Crippen molar-refractivity contribution < 1.29 is 4.74 Å². The number of nitrogens with one attached hydrogen (secondary N) is 1. The molecule has 0 atom stereocenters. The number of halogens is 1. The van der Waals surface area contributed by atoms with Crippen LogP contribution in [0, 0.1) is 0 Å². The molecule has 1 heterocycles. The van der Waals surface area contributed by atoms with Gasteiger partial charge in [-0.25, -0.2) is 9.97 Å². The largest absolute Gasteiger partial charge is 0.490 e. The van der Waals surface area contributed by atoms with Crippen LogP contribution in [0.15, 0.2) is 6.33 Å². The molecule has 96 valence electrons. The summed E-state index contributed by atoms with van der Waals surface area (Å²) in [6, 6.07) is 0. The van der Waals surface area contributed by atoms with Crippen molar-refractivity contribution in [3.8, 4) is 5.75 Å². The summed E-state index contributed by atoms with van der Waals surface area (Å²) in [4.78, 5) is 10.1. The fraction of sp³-hybridized carbons (Fsp3) is 0.636. The number of likely N-dealkylation sites (N-methyl/N-ethyl adjacent to an activating group) is 1. The summed E-state index contributed by atoms with van der Waals surface area (Å²) < 4.78 is 5.17. The molecule has 0 saturated carbocycles. The summed E-state index contributed by atoms with van der Waals surface area (Å²) in [5, 5.41) is 3.54. The maximum absolute atomic E-state index is 5.92. The van der Waals surface area contributed by atoms with Crippen LogP contribution < -0.4 is 10.1 Å². The van der Waals surface area contributed by atoms with E-state index in [1.807, 2.05) is 14.1 Å². The van der Waals surface area contributed by atoms with E-state index in [4.69, 9.17) is 16.3 Å². The molecule has 0 aliphatic rings. The number of anilines is 1. The molecule has 0 aliphatic heterocycles. The summed E-state index contributed by atoms with van der Waals surface area (Å²) >= 11 is 5.92. The molecule has 0 saturated heterocycles. The van der Waals surface area contributed by atoms with Gasteiger partial charge in [0.2, 0.25) is 0 Å². The summed E-state index contributed by atoms with van der Waals surface area (Å²) in [7, 11) is 5.62. The van der Waals surface area contributed by atoms with Crippen molar-refractivity contribution in [2.45, 2.75) is 19.4 Å². The van der Waals surface area contributed by atoms with Crippen LogP contribution in [0.25, 0.3) is 0 Å². The zero-order chi connectivity index (χ0) is 13.1. The highest BCUT2D eigenvalue weighted by molar-refractivity contribution is 6.31. The van der Waals surface area contributed by atoms with Gasteiger partial charge in [0.25, 0.3) is 0 Å². The van der Waals surface area contributed by atoms with Gasteiger partial charge in [-0.05, 0) is 27.9 Å². The molecule has 6 heteroatoms. The molecule has 1 aromatic heterocycles. The highest BCUT2D eigenvalue weighted by atomic mass is 35.5. The van der Waals surface area contributed by atoms with Crippen LogP contribution in [0.2, 0.25) is 5.15 Å². The van der Waals surface area contributed by atoms with Crippen LogP contribution in [0.4, 0.5) is 5.82 Å². The van der Waals surface area contributed by atoms with E-state index in [1.165, 1.54) is 6.33 Å². The molecule has 17 heavy (non-hydrogen) atoms. The second kappa shape index (κ2) is 5.51. The third-order valence-electron chi connectivity index (χ3n) is 2.86. The maximum Gasteiger partial charge on any atom is 0.198 e. The van der Waals surface area contributed by atoms with Gasteiger partial charge in [0.1, 0.15) is 6.33 Å². The lowest BCUT2D eigenvalue weighted by atomic mass is 10.0. The first-order valence-electron chi connectivity index (χ1n) is 5.34. The second-order valence-electron chi connectivity index (χ2n) is 4.61. The summed E-state index contributed by atoms with van der Waals surface area (Å²) in [5.41, 5.74) is 0.00242. The zero-order valence-electron chi connectivity index (χ0n) is 10.9. The number of methoxy groups -OCH3 is 1. The highest BCUT2D eigenvalue weighted by Crippen LogP contribution is 2.28. The van der Waals surface area contributed by atoms with Gasteiger partial charge in [-0.3, -0.25) is 0 Å². The number of ether oxygens (including phenoxy) is 1. The third kappa shape index (κ3) is 3.44. The molecule has 0 spiro atoms. The molecule has 5 nitrogen and oxygen atoms in total. The van der Waals surface area contributed by atoms with Gasteiger partial charge in [-0.15, -0.1) is 0 Å². The topological polar surface area (TPSA) is 50.3 Å². The Morgan fingerprint density at radius 2 is 2.06 bits per heavy atom. The van der Waals surface area contributed by atoms with E-state index in [1.54, 1.807) is 7.11 Å². The SMILES string of the molecule is COc1c(Cl)ncnc1NCC(C)(C)N(C)C. The van der Waals surface area contributed by atoms with Crippen molar-refractivity contribution in [1.29, 1.82) is 0 Å². The van der Waals surface area contributed by atoms with Crippen molar-refractivity contribution in [2.75, 3.05) is 33.1 Å². The monoisotopic (exact) mass is 258 g/mol. The molecule has 0 fully saturated rings. The fourth-order valence-corrected chi connectivity index (χ4v) is 1.33. The van der Waals surface area contributed by atoms with Crippen LogP contribution in [0.1, 0.15) is 13.8 Å². The molecule has 0 aliphatic carbocycles. The van der Waals surface area contributed by atoms with Crippen molar-refractivity contribution in [3.05, 3.63) is 11.5 Å². The third-order valence-corrected chi connectivity index (χ3v) is 3.13. The van der Waals surface area contributed by atoms with Gasteiger partial charge in [-0.2, -0.15) is 0 Å². The van der Waals surface area contributed by atoms with E-state index < -0.39 is 0 Å². The first kappa shape index (κ1) is 14.0. The van der Waals surface area contributed by atoms with E-state index in [0.29, 0.717) is 16.7 Å². The lowest BCUT2D eigenvalue weighted by Gasteiger charge is -2.32. The maximum atomic E-state index is 5.92. The molecule has 0 amide bonds. The van der Waals surface area contributed by atoms with Gasteiger partial charge in [0, 0.05) is 12.1 Å². The molecule has 0 radical (unpaired) electrons. The van der Waals surface area contributed by atoms with Gasteiger partial charge in [-0.1, -0.05) is 11.6 Å². The van der Waals surface area contributed by atoms with Crippen LogP contribution >= 0.6 is 11.6 Å². The Morgan fingerprint density at radius 3 is 2.59 bits per heavy atom. The number of hydrogen-bond donors (Lipinski definition) is 1. The predicted octanol–water partition coefficient (Wildman–Crippen LogP) is 1.89. The van der Waals surface area contributed by atoms with Gasteiger partial charge >= 0.3 is 0 Å². The van der Waals surface area contributed by atoms with Gasteiger partial charge < -0.3 is 15.0 Å². The summed E-state index contributed by atoms with van der Waals surface area (Å²) in [6.07, 6.45) is 1.41. The molecule has 0 unspecified atom stereocenters. The quantitative estimate of drug-likeness (QED) is 0.818. The van der Waals surface area contributed by atoms with E-state index in [2.05, 4.69) is 34.0 Å². The van der Waals surface area contributed by atoms with E-state index in [-0.39, 0.29) is 5.54 Å². The number of rotatable bonds is 5. The van der Waals surface area contributed by atoms with Gasteiger partial charge in [0.15, 0.2) is 16.7 Å². The molecule has 1 aromatic rings. The van der Waals surface area contributed by atoms with Crippen molar-refractivity contribution in [3.63, 3.8) is 0 Å². The van der Waals surface area contributed by atoms with E-state index in [9.17, 15) is 0 Å².